The maximum Gasteiger partial charge on any atom is 0.305 e. The number of hydrogen-bond acceptors (Lipinski definition) is 7. The SMILES string of the molecule is O=C(O)CCCCCN1C(=O)C2C3CC(C2C1=O)C1C(c2cccs2)c2sc(=O)[nH]c2SC31. The van der Waals surface area contributed by atoms with Gasteiger partial charge in [-0.15, -0.1) is 23.1 Å². The van der Waals surface area contributed by atoms with Gasteiger partial charge in [0.05, 0.1) is 16.9 Å². The number of thiophene rings is 1. The van der Waals surface area contributed by atoms with Crippen molar-refractivity contribution >= 4 is 52.2 Å². The monoisotopic (exact) mass is 504 g/mol. The number of unbranched alkanes of at least 4 members (excludes halogenated alkanes) is 2. The number of imide groups is 1. The van der Waals surface area contributed by atoms with Gasteiger partial charge in [-0.3, -0.25) is 24.1 Å². The zero-order valence-corrected chi connectivity index (χ0v) is 20.2. The van der Waals surface area contributed by atoms with Crippen LogP contribution in [0.2, 0.25) is 0 Å². The Balaban J connectivity index is 1.27. The third kappa shape index (κ3) is 3.28. The topological polar surface area (TPSA) is 108 Å². The lowest BCUT2D eigenvalue weighted by Gasteiger charge is -2.42. The van der Waals surface area contributed by atoms with E-state index in [0.717, 1.165) is 16.3 Å². The highest BCUT2D eigenvalue weighted by molar-refractivity contribution is 8.00. The number of nitrogens with zero attached hydrogens (tertiary/aromatic N) is 1. The van der Waals surface area contributed by atoms with Gasteiger partial charge in [-0.1, -0.05) is 23.8 Å². The van der Waals surface area contributed by atoms with Crippen molar-refractivity contribution in [2.24, 2.45) is 29.6 Å². The third-order valence-electron chi connectivity index (χ3n) is 7.94. The summed E-state index contributed by atoms with van der Waals surface area (Å²) in [6.07, 6.45) is 2.93. The molecule has 0 aromatic carbocycles. The lowest BCUT2D eigenvalue weighted by Crippen LogP contribution is -2.42. The van der Waals surface area contributed by atoms with Crippen molar-refractivity contribution in [1.82, 2.24) is 9.88 Å². The van der Waals surface area contributed by atoms with Crippen LogP contribution in [0.15, 0.2) is 27.3 Å². The molecule has 3 fully saturated rings. The van der Waals surface area contributed by atoms with Gasteiger partial charge in [-0.2, -0.15) is 0 Å². The lowest BCUT2D eigenvalue weighted by atomic mass is 9.69. The van der Waals surface area contributed by atoms with E-state index in [0.29, 0.717) is 25.8 Å². The van der Waals surface area contributed by atoms with Crippen molar-refractivity contribution in [3.63, 3.8) is 0 Å². The molecule has 2 aromatic rings. The fraction of sp³-hybridized carbons (Fsp3) is 0.565. The van der Waals surface area contributed by atoms with E-state index in [1.807, 2.05) is 6.07 Å². The number of carboxylic acid groups (broad SMARTS) is 1. The first kappa shape index (κ1) is 21.6. The van der Waals surface area contributed by atoms with E-state index in [1.165, 1.54) is 21.1 Å². The molecule has 0 spiro atoms. The van der Waals surface area contributed by atoms with Crippen LogP contribution in [0, 0.1) is 29.6 Å². The summed E-state index contributed by atoms with van der Waals surface area (Å²) >= 11 is 4.70. The Morgan fingerprint density at radius 1 is 1.12 bits per heavy atom. The van der Waals surface area contributed by atoms with Gasteiger partial charge in [0.25, 0.3) is 0 Å². The van der Waals surface area contributed by atoms with E-state index >= 15 is 0 Å². The van der Waals surface area contributed by atoms with Crippen molar-refractivity contribution in [3.8, 4) is 0 Å². The highest BCUT2D eigenvalue weighted by Gasteiger charge is 2.69. The second-order valence-electron chi connectivity index (χ2n) is 9.51. The third-order valence-corrected chi connectivity index (χ3v) is 11.5. The van der Waals surface area contributed by atoms with Crippen LogP contribution in [-0.2, 0) is 14.4 Å². The van der Waals surface area contributed by atoms with Crippen LogP contribution < -0.4 is 4.87 Å². The number of nitrogens with one attached hydrogen (secondary N) is 1. The molecule has 33 heavy (non-hydrogen) atoms. The van der Waals surface area contributed by atoms with Crippen LogP contribution in [0.25, 0.3) is 0 Å². The Morgan fingerprint density at radius 3 is 2.64 bits per heavy atom. The summed E-state index contributed by atoms with van der Waals surface area (Å²) in [6.45, 7) is 0.390. The van der Waals surface area contributed by atoms with Crippen LogP contribution >= 0.6 is 34.4 Å². The van der Waals surface area contributed by atoms with Gasteiger partial charge in [0, 0.05) is 33.9 Å². The summed E-state index contributed by atoms with van der Waals surface area (Å²) in [5.41, 5.74) is 0. The van der Waals surface area contributed by atoms with Gasteiger partial charge in [0.15, 0.2) is 0 Å². The van der Waals surface area contributed by atoms with Crippen molar-refractivity contribution in [2.45, 2.75) is 48.3 Å². The number of carbonyl (C=O) groups is 3. The fourth-order valence-corrected chi connectivity index (χ4v) is 10.7. The largest absolute Gasteiger partial charge is 0.481 e. The summed E-state index contributed by atoms with van der Waals surface area (Å²) in [7, 11) is 0. The number of aromatic amines is 1. The molecule has 4 heterocycles. The molecule has 2 N–H and O–H groups in total. The summed E-state index contributed by atoms with van der Waals surface area (Å²) in [5, 5.41) is 12.0. The molecule has 7 nitrogen and oxygen atoms in total. The average molecular weight is 505 g/mol. The first-order valence-electron chi connectivity index (χ1n) is 11.5. The number of hydrogen-bond donors (Lipinski definition) is 2. The lowest BCUT2D eigenvalue weighted by molar-refractivity contribution is -0.141. The molecule has 7 atom stereocenters. The zero-order chi connectivity index (χ0) is 22.9. The maximum absolute atomic E-state index is 13.4. The summed E-state index contributed by atoms with van der Waals surface area (Å²) < 4.78 is 0. The quantitative estimate of drug-likeness (QED) is 0.441. The van der Waals surface area contributed by atoms with Gasteiger partial charge in [-0.05, 0) is 48.5 Å². The standard InChI is InChI=1S/C23H24N2O5S3/c26-13(27)6-2-1-3-7-25-21(28)15-10-9-11(16(15)22(25)29)18-14(10)17(12-5-4-8-31-12)19-20(32-18)24-23(30)33-19/h4-5,8,10-11,14-18H,1-3,6-7,9H2,(H,24,30)(H,26,27). The zero-order valence-electron chi connectivity index (χ0n) is 17.8. The number of carbonyl (C=O) groups excluding carboxylic acids is 2. The number of likely N-dealkylation sites (tertiary alicyclic amines) is 1. The molecule has 10 heteroatoms. The molecule has 174 valence electrons. The molecule has 6 rings (SSSR count). The minimum atomic E-state index is -0.815. The molecular weight excluding hydrogens is 480 g/mol. The predicted octanol–water partition coefficient (Wildman–Crippen LogP) is 3.62. The number of thioether (sulfide) groups is 1. The molecule has 7 unspecified atom stereocenters. The van der Waals surface area contributed by atoms with E-state index in [-0.39, 0.29) is 63.9 Å². The first-order valence-corrected chi connectivity index (χ1v) is 14.0. The number of fused-ring (bicyclic) bond motifs is 9. The van der Waals surface area contributed by atoms with Gasteiger partial charge in [0.1, 0.15) is 0 Å². The van der Waals surface area contributed by atoms with Crippen LogP contribution in [0.5, 0.6) is 0 Å². The second kappa shape index (κ2) is 8.09. The maximum atomic E-state index is 13.4. The van der Waals surface area contributed by atoms with Gasteiger partial charge in [0.2, 0.25) is 11.8 Å². The summed E-state index contributed by atoms with van der Waals surface area (Å²) in [6, 6.07) is 4.17. The molecular formula is C23H24N2O5S3. The molecule has 0 radical (unpaired) electrons. The molecule has 2 saturated carbocycles. The van der Waals surface area contributed by atoms with E-state index in [4.69, 9.17) is 5.11 Å². The molecule has 2 bridgehead atoms. The highest BCUT2D eigenvalue weighted by atomic mass is 32.2. The van der Waals surface area contributed by atoms with Gasteiger partial charge in [-0.25, -0.2) is 0 Å². The molecule has 2 aliphatic carbocycles. The van der Waals surface area contributed by atoms with E-state index in [9.17, 15) is 19.2 Å². The van der Waals surface area contributed by atoms with E-state index in [1.54, 1.807) is 23.1 Å². The Labute approximate surface area is 202 Å². The Hall–Kier alpha value is -1.91. The Bertz CT molecular complexity index is 1170. The molecule has 4 aliphatic rings. The van der Waals surface area contributed by atoms with Crippen molar-refractivity contribution in [3.05, 3.63) is 36.9 Å². The Kier molecular flexibility index (Phi) is 5.30. The second-order valence-corrected chi connectivity index (χ2v) is 12.7. The Morgan fingerprint density at radius 2 is 1.91 bits per heavy atom. The minimum absolute atomic E-state index is 0.0304. The fourth-order valence-electron chi connectivity index (χ4n) is 6.81. The summed E-state index contributed by atoms with van der Waals surface area (Å²) in [5.74, 6) is -0.695. The number of amides is 2. The number of carboxylic acids is 1. The number of aromatic nitrogens is 1. The van der Waals surface area contributed by atoms with Gasteiger partial charge >= 0.3 is 10.8 Å². The normalized spacial score (nSPS) is 33.9. The van der Waals surface area contributed by atoms with Crippen molar-refractivity contribution in [1.29, 1.82) is 0 Å². The van der Waals surface area contributed by atoms with Crippen LogP contribution in [0.1, 0.15) is 47.8 Å². The van der Waals surface area contributed by atoms with Crippen molar-refractivity contribution in [2.75, 3.05) is 6.54 Å². The van der Waals surface area contributed by atoms with Gasteiger partial charge < -0.3 is 10.1 Å². The number of H-pyrrole nitrogens is 1. The number of rotatable bonds is 7. The minimum Gasteiger partial charge on any atom is -0.481 e. The first-order chi connectivity index (χ1) is 16.0. The van der Waals surface area contributed by atoms with Crippen LogP contribution in [0.4, 0.5) is 0 Å². The average Bonchev–Trinajstić information content (AvgIpc) is 3.57. The number of aliphatic carboxylic acids is 1. The van der Waals surface area contributed by atoms with E-state index < -0.39 is 5.97 Å². The summed E-state index contributed by atoms with van der Waals surface area (Å²) in [4.78, 5) is 56.5. The van der Waals surface area contributed by atoms with Crippen LogP contribution in [-0.4, -0.2) is 44.6 Å². The molecule has 2 aromatic heterocycles. The van der Waals surface area contributed by atoms with Crippen molar-refractivity contribution < 1.29 is 19.5 Å². The molecule has 2 amide bonds. The predicted molar refractivity (Wildman–Crippen MR) is 126 cm³/mol. The van der Waals surface area contributed by atoms with E-state index in [2.05, 4.69) is 16.4 Å². The smallest absolute Gasteiger partial charge is 0.305 e. The molecule has 1 saturated heterocycles. The number of thiazole rings is 1. The highest BCUT2D eigenvalue weighted by Crippen LogP contribution is 2.68. The molecule has 2 aliphatic heterocycles. The van der Waals surface area contributed by atoms with Crippen LogP contribution in [0.3, 0.4) is 0 Å².